The van der Waals surface area contributed by atoms with Gasteiger partial charge in [0.2, 0.25) is 0 Å². The third kappa shape index (κ3) is 2.68. The highest BCUT2D eigenvalue weighted by molar-refractivity contribution is 7.91. The SMILES string of the molecule is O=S1(=O)CCC(O)(CNC2CC2)CC1. The predicted molar refractivity (Wildman–Crippen MR) is 53.9 cm³/mol. The van der Waals surface area contributed by atoms with Crippen molar-refractivity contribution >= 4 is 9.84 Å². The van der Waals surface area contributed by atoms with Gasteiger partial charge in [-0.2, -0.15) is 0 Å². The first-order valence-corrected chi connectivity index (χ1v) is 6.98. The number of rotatable bonds is 3. The van der Waals surface area contributed by atoms with Crippen LogP contribution in [0.3, 0.4) is 0 Å². The fourth-order valence-corrected chi connectivity index (χ4v) is 3.30. The minimum Gasteiger partial charge on any atom is -0.388 e. The third-order valence-corrected chi connectivity index (χ3v) is 4.71. The molecule has 0 spiro atoms. The van der Waals surface area contributed by atoms with Crippen molar-refractivity contribution in [1.29, 1.82) is 0 Å². The Bertz CT molecular complexity index is 294. The molecule has 5 heteroatoms. The van der Waals surface area contributed by atoms with Crippen LogP contribution in [0.2, 0.25) is 0 Å². The van der Waals surface area contributed by atoms with Crippen molar-refractivity contribution in [3.8, 4) is 0 Å². The number of hydrogen-bond donors (Lipinski definition) is 2. The number of sulfone groups is 1. The van der Waals surface area contributed by atoms with E-state index in [1.165, 1.54) is 12.8 Å². The zero-order chi connectivity index (χ0) is 10.2. The molecule has 0 unspecified atom stereocenters. The summed E-state index contributed by atoms with van der Waals surface area (Å²) in [5, 5.41) is 13.3. The first-order chi connectivity index (χ1) is 6.49. The Morgan fingerprint density at radius 3 is 2.36 bits per heavy atom. The van der Waals surface area contributed by atoms with Crippen LogP contribution in [0.4, 0.5) is 0 Å². The average Bonchev–Trinajstić information content (AvgIpc) is 2.92. The van der Waals surface area contributed by atoms with Crippen molar-refractivity contribution in [2.24, 2.45) is 0 Å². The van der Waals surface area contributed by atoms with E-state index < -0.39 is 15.4 Å². The van der Waals surface area contributed by atoms with Gasteiger partial charge in [-0.05, 0) is 25.7 Å². The maximum Gasteiger partial charge on any atom is 0.150 e. The number of nitrogens with one attached hydrogen (secondary N) is 1. The Labute approximate surface area is 84.6 Å². The van der Waals surface area contributed by atoms with Gasteiger partial charge in [-0.3, -0.25) is 0 Å². The number of aliphatic hydroxyl groups is 1. The van der Waals surface area contributed by atoms with Crippen molar-refractivity contribution in [2.75, 3.05) is 18.1 Å². The molecular weight excluding hydrogens is 202 g/mol. The summed E-state index contributed by atoms with van der Waals surface area (Å²) >= 11 is 0. The van der Waals surface area contributed by atoms with Gasteiger partial charge >= 0.3 is 0 Å². The first-order valence-electron chi connectivity index (χ1n) is 5.15. The normalized spacial score (nSPS) is 30.1. The Hall–Kier alpha value is -0.130. The van der Waals surface area contributed by atoms with Crippen LogP contribution >= 0.6 is 0 Å². The van der Waals surface area contributed by atoms with E-state index in [0.717, 1.165) is 0 Å². The summed E-state index contributed by atoms with van der Waals surface area (Å²) < 4.78 is 22.3. The zero-order valence-corrected chi connectivity index (χ0v) is 9.02. The minimum atomic E-state index is -2.86. The molecule has 1 saturated carbocycles. The topological polar surface area (TPSA) is 66.4 Å². The molecule has 1 aliphatic heterocycles. The van der Waals surface area contributed by atoms with Gasteiger partial charge in [0.05, 0.1) is 17.1 Å². The van der Waals surface area contributed by atoms with Crippen LogP contribution in [-0.4, -0.2) is 43.2 Å². The summed E-state index contributed by atoms with van der Waals surface area (Å²) in [6.45, 7) is 0.549. The van der Waals surface area contributed by atoms with Crippen LogP contribution in [0, 0.1) is 0 Å². The van der Waals surface area contributed by atoms with E-state index in [-0.39, 0.29) is 11.5 Å². The molecule has 2 aliphatic rings. The Kier molecular flexibility index (Phi) is 2.57. The summed E-state index contributed by atoms with van der Waals surface area (Å²) in [5.74, 6) is 0.270. The molecule has 0 radical (unpaired) electrons. The Balaban J connectivity index is 1.84. The summed E-state index contributed by atoms with van der Waals surface area (Å²) in [4.78, 5) is 0. The molecule has 4 nitrogen and oxygen atoms in total. The molecule has 0 atom stereocenters. The molecule has 0 bridgehead atoms. The highest BCUT2D eigenvalue weighted by Crippen LogP contribution is 2.25. The van der Waals surface area contributed by atoms with E-state index in [1.54, 1.807) is 0 Å². The highest BCUT2D eigenvalue weighted by Gasteiger charge is 2.36. The highest BCUT2D eigenvalue weighted by atomic mass is 32.2. The van der Waals surface area contributed by atoms with Crippen LogP contribution in [-0.2, 0) is 9.84 Å². The lowest BCUT2D eigenvalue weighted by atomic mass is 9.97. The molecule has 0 aromatic heterocycles. The first kappa shape index (κ1) is 10.4. The standard InChI is InChI=1S/C9H17NO3S/c11-9(7-10-8-1-2-8)3-5-14(12,13)6-4-9/h8,10-11H,1-7H2. The molecule has 0 aromatic carbocycles. The molecular formula is C9H17NO3S. The van der Waals surface area contributed by atoms with Gasteiger partial charge in [0, 0.05) is 12.6 Å². The summed E-state index contributed by atoms with van der Waals surface area (Å²) in [6, 6.07) is 0.567. The fraction of sp³-hybridized carbons (Fsp3) is 1.00. The molecule has 0 aromatic rings. The van der Waals surface area contributed by atoms with Gasteiger partial charge < -0.3 is 10.4 Å². The van der Waals surface area contributed by atoms with Crippen molar-refractivity contribution in [2.45, 2.75) is 37.3 Å². The van der Waals surface area contributed by atoms with Crippen LogP contribution < -0.4 is 5.32 Å². The zero-order valence-electron chi connectivity index (χ0n) is 8.20. The summed E-state index contributed by atoms with van der Waals surface area (Å²) in [7, 11) is -2.86. The van der Waals surface area contributed by atoms with Gasteiger partial charge in [0.25, 0.3) is 0 Å². The monoisotopic (exact) mass is 219 g/mol. The Morgan fingerprint density at radius 1 is 1.29 bits per heavy atom. The molecule has 2 rings (SSSR count). The smallest absolute Gasteiger partial charge is 0.150 e. The molecule has 82 valence electrons. The second-order valence-electron chi connectivity index (χ2n) is 4.53. The van der Waals surface area contributed by atoms with E-state index in [9.17, 15) is 13.5 Å². The van der Waals surface area contributed by atoms with Gasteiger partial charge in [-0.25, -0.2) is 8.42 Å². The lowest BCUT2D eigenvalue weighted by Gasteiger charge is -2.32. The van der Waals surface area contributed by atoms with E-state index in [1.807, 2.05) is 0 Å². The maximum atomic E-state index is 11.2. The minimum absolute atomic E-state index is 0.135. The van der Waals surface area contributed by atoms with Gasteiger partial charge in [0.1, 0.15) is 0 Å². The van der Waals surface area contributed by atoms with Gasteiger partial charge in [0.15, 0.2) is 9.84 Å². The van der Waals surface area contributed by atoms with Gasteiger partial charge in [-0.1, -0.05) is 0 Å². The maximum absolute atomic E-state index is 11.2. The van der Waals surface area contributed by atoms with Crippen molar-refractivity contribution in [3.63, 3.8) is 0 Å². The molecule has 14 heavy (non-hydrogen) atoms. The molecule has 2 fully saturated rings. The van der Waals surface area contributed by atoms with E-state index in [0.29, 0.717) is 25.4 Å². The average molecular weight is 219 g/mol. The molecule has 1 saturated heterocycles. The van der Waals surface area contributed by atoms with Crippen molar-refractivity contribution in [3.05, 3.63) is 0 Å². The predicted octanol–water partition coefficient (Wildman–Crippen LogP) is -0.322. The lowest BCUT2D eigenvalue weighted by molar-refractivity contribution is 0.0303. The quantitative estimate of drug-likeness (QED) is 0.682. The summed E-state index contributed by atoms with van der Waals surface area (Å²) in [5.41, 5.74) is -0.784. The molecule has 1 heterocycles. The molecule has 0 amide bonds. The van der Waals surface area contributed by atoms with Crippen molar-refractivity contribution < 1.29 is 13.5 Å². The Morgan fingerprint density at radius 2 is 1.86 bits per heavy atom. The molecule has 2 N–H and O–H groups in total. The fourth-order valence-electron chi connectivity index (χ4n) is 1.72. The van der Waals surface area contributed by atoms with Crippen LogP contribution in [0.1, 0.15) is 25.7 Å². The third-order valence-electron chi connectivity index (χ3n) is 3.05. The van der Waals surface area contributed by atoms with E-state index in [2.05, 4.69) is 5.32 Å². The second kappa shape index (κ2) is 3.47. The van der Waals surface area contributed by atoms with E-state index >= 15 is 0 Å². The lowest BCUT2D eigenvalue weighted by Crippen LogP contribution is -2.47. The largest absolute Gasteiger partial charge is 0.388 e. The summed E-state index contributed by atoms with van der Waals surface area (Å²) in [6.07, 6.45) is 3.15. The molecule has 1 aliphatic carbocycles. The van der Waals surface area contributed by atoms with Crippen LogP contribution in [0.15, 0.2) is 0 Å². The second-order valence-corrected chi connectivity index (χ2v) is 6.83. The van der Waals surface area contributed by atoms with Crippen LogP contribution in [0.25, 0.3) is 0 Å². The van der Waals surface area contributed by atoms with Crippen molar-refractivity contribution in [1.82, 2.24) is 5.32 Å². The van der Waals surface area contributed by atoms with Crippen LogP contribution in [0.5, 0.6) is 0 Å². The van der Waals surface area contributed by atoms with E-state index in [4.69, 9.17) is 0 Å². The van der Waals surface area contributed by atoms with Gasteiger partial charge in [-0.15, -0.1) is 0 Å². The number of hydrogen-bond acceptors (Lipinski definition) is 4.